The maximum Gasteiger partial charge on any atom is 0.274 e. The van der Waals surface area contributed by atoms with E-state index in [1.165, 1.54) is 12.0 Å². The van der Waals surface area contributed by atoms with Crippen LogP contribution in [0.4, 0.5) is 5.82 Å². The molecule has 140 valence electrons. The van der Waals surface area contributed by atoms with Crippen molar-refractivity contribution in [2.24, 2.45) is 5.92 Å². The molecule has 0 spiro atoms. The van der Waals surface area contributed by atoms with Crippen LogP contribution in [0.5, 0.6) is 0 Å². The number of rotatable bonds is 3. The Hall–Kier alpha value is -2.47. The average Bonchev–Trinajstić information content (AvgIpc) is 3.40. The molecule has 0 bridgehead atoms. The molecule has 2 saturated heterocycles. The van der Waals surface area contributed by atoms with Crippen LogP contribution in [0.2, 0.25) is 0 Å². The summed E-state index contributed by atoms with van der Waals surface area (Å²) in [5.74, 6) is 1.57. The molecule has 27 heavy (non-hydrogen) atoms. The van der Waals surface area contributed by atoms with Gasteiger partial charge in [-0.25, -0.2) is 0 Å². The molecule has 1 aliphatic carbocycles. The van der Waals surface area contributed by atoms with Crippen LogP contribution in [-0.2, 0) is 5.41 Å². The summed E-state index contributed by atoms with van der Waals surface area (Å²) in [6.45, 7) is 5.33. The van der Waals surface area contributed by atoms with E-state index in [-0.39, 0.29) is 11.3 Å². The summed E-state index contributed by atoms with van der Waals surface area (Å²) < 4.78 is 0. The highest BCUT2D eigenvalue weighted by atomic mass is 16.2. The Morgan fingerprint density at radius 3 is 2.78 bits per heavy atom. The van der Waals surface area contributed by atoms with Crippen LogP contribution in [0.3, 0.4) is 0 Å². The highest BCUT2D eigenvalue weighted by molar-refractivity contribution is 5.92. The highest BCUT2D eigenvalue weighted by Gasteiger charge is 2.60. The first-order valence-electron chi connectivity index (χ1n) is 9.90. The fourth-order valence-corrected chi connectivity index (χ4v) is 4.69. The monoisotopic (exact) mass is 363 g/mol. The van der Waals surface area contributed by atoms with Gasteiger partial charge in [0, 0.05) is 38.1 Å². The van der Waals surface area contributed by atoms with Gasteiger partial charge in [-0.15, -0.1) is 10.2 Å². The van der Waals surface area contributed by atoms with Crippen LogP contribution in [0, 0.1) is 5.92 Å². The van der Waals surface area contributed by atoms with Crippen molar-refractivity contribution in [2.75, 3.05) is 44.2 Å². The number of hydrogen-bond donors (Lipinski definition) is 1. The Labute approximate surface area is 159 Å². The van der Waals surface area contributed by atoms with Crippen molar-refractivity contribution in [3.8, 4) is 0 Å². The number of carbonyl (C=O) groups excluding carboxylic acids is 1. The van der Waals surface area contributed by atoms with Crippen LogP contribution < -0.4 is 10.2 Å². The first-order valence-corrected chi connectivity index (χ1v) is 9.90. The zero-order valence-electron chi connectivity index (χ0n) is 15.5. The second-order valence-corrected chi connectivity index (χ2v) is 7.98. The van der Waals surface area contributed by atoms with Gasteiger partial charge in [-0.1, -0.05) is 30.3 Å². The summed E-state index contributed by atoms with van der Waals surface area (Å²) in [6.07, 6.45) is 2.24. The van der Waals surface area contributed by atoms with Gasteiger partial charge in [0.2, 0.25) is 0 Å². The van der Waals surface area contributed by atoms with Gasteiger partial charge in [0.15, 0.2) is 11.5 Å². The lowest BCUT2D eigenvalue weighted by atomic mass is 9.95. The van der Waals surface area contributed by atoms with E-state index >= 15 is 0 Å². The van der Waals surface area contributed by atoms with Gasteiger partial charge in [-0.3, -0.25) is 4.79 Å². The topological polar surface area (TPSA) is 61.4 Å². The van der Waals surface area contributed by atoms with E-state index in [1.807, 2.05) is 17.0 Å². The normalized spacial score (nSPS) is 27.2. The fraction of sp³-hybridized carbons (Fsp3) is 0.476. The molecule has 3 fully saturated rings. The average molecular weight is 363 g/mol. The van der Waals surface area contributed by atoms with Gasteiger partial charge in [0.1, 0.15) is 0 Å². The lowest BCUT2D eigenvalue weighted by Gasteiger charge is -2.22. The van der Waals surface area contributed by atoms with E-state index < -0.39 is 0 Å². The van der Waals surface area contributed by atoms with Crippen molar-refractivity contribution in [1.29, 1.82) is 0 Å². The molecule has 2 atom stereocenters. The van der Waals surface area contributed by atoms with Crippen molar-refractivity contribution in [3.05, 3.63) is 53.7 Å². The lowest BCUT2D eigenvalue weighted by molar-refractivity contribution is 0.0759. The van der Waals surface area contributed by atoms with E-state index in [0.717, 1.165) is 51.5 Å². The SMILES string of the molecule is O=C(c1ccc(N2C[C@@H]3C[C@]3(c3ccccc3)C2)nn1)N1CCCNCC1. The zero-order chi connectivity index (χ0) is 18.3. The fourth-order valence-electron chi connectivity index (χ4n) is 4.69. The van der Waals surface area contributed by atoms with Crippen molar-refractivity contribution < 1.29 is 4.79 Å². The maximum atomic E-state index is 12.7. The van der Waals surface area contributed by atoms with Gasteiger partial charge >= 0.3 is 0 Å². The van der Waals surface area contributed by atoms with E-state index in [0.29, 0.717) is 11.6 Å². The second kappa shape index (κ2) is 6.60. The van der Waals surface area contributed by atoms with Gasteiger partial charge < -0.3 is 15.1 Å². The first kappa shape index (κ1) is 16.7. The summed E-state index contributed by atoms with van der Waals surface area (Å²) in [6, 6.07) is 14.6. The van der Waals surface area contributed by atoms with Crippen molar-refractivity contribution >= 4 is 11.7 Å². The van der Waals surface area contributed by atoms with Crippen molar-refractivity contribution in [2.45, 2.75) is 18.3 Å². The van der Waals surface area contributed by atoms with Gasteiger partial charge in [-0.05, 0) is 43.0 Å². The number of anilines is 1. The van der Waals surface area contributed by atoms with Crippen LogP contribution in [0.15, 0.2) is 42.5 Å². The molecule has 2 aliphatic heterocycles. The number of fused-ring (bicyclic) bond motifs is 1. The third kappa shape index (κ3) is 2.98. The predicted octanol–water partition coefficient (Wildman–Crippen LogP) is 1.69. The number of benzene rings is 1. The molecule has 1 saturated carbocycles. The number of carbonyl (C=O) groups is 1. The van der Waals surface area contributed by atoms with E-state index in [9.17, 15) is 4.79 Å². The van der Waals surface area contributed by atoms with Gasteiger partial charge in [0.05, 0.1) is 0 Å². The third-order valence-corrected chi connectivity index (χ3v) is 6.32. The Kier molecular flexibility index (Phi) is 4.08. The summed E-state index contributed by atoms with van der Waals surface area (Å²) in [5, 5.41) is 12.0. The molecule has 3 aliphatic rings. The van der Waals surface area contributed by atoms with E-state index in [2.05, 4.69) is 50.7 Å². The molecule has 6 heteroatoms. The molecule has 1 N–H and O–H groups in total. The van der Waals surface area contributed by atoms with Gasteiger partial charge in [0.25, 0.3) is 5.91 Å². The minimum Gasteiger partial charge on any atom is -0.354 e. The van der Waals surface area contributed by atoms with Crippen LogP contribution in [0.1, 0.15) is 28.9 Å². The van der Waals surface area contributed by atoms with Gasteiger partial charge in [-0.2, -0.15) is 0 Å². The number of aromatic nitrogens is 2. The number of amides is 1. The molecular weight excluding hydrogens is 338 g/mol. The maximum absolute atomic E-state index is 12.7. The van der Waals surface area contributed by atoms with Crippen LogP contribution in [0.25, 0.3) is 0 Å². The molecule has 5 rings (SSSR count). The summed E-state index contributed by atoms with van der Waals surface area (Å²) >= 11 is 0. The van der Waals surface area contributed by atoms with Crippen LogP contribution in [-0.4, -0.2) is 60.3 Å². The summed E-state index contributed by atoms with van der Waals surface area (Å²) in [7, 11) is 0. The molecule has 3 heterocycles. The third-order valence-electron chi connectivity index (χ3n) is 6.32. The Morgan fingerprint density at radius 1 is 1.07 bits per heavy atom. The lowest BCUT2D eigenvalue weighted by Crippen LogP contribution is -2.35. The van der Waals surface area contributed by atoms with E-state index in [1.54, 1.807) is 0 Å². The Bertz CT molecular complexity index is 816. The number of nitrogens with one attached hydrogen (secondary N) is 1. The van der Waals surface area contributed by atoms with Crippen LogP contribution >= 0.6 is 0 Å². The minimum absolute atomic E-state index is 0.0113. The molecule has 6 nitrogen and oxygen atoms in total. The second-order valence-electron chi connectivity index (χ2n) is 7.98. The molecule has 1 aromatic heterocycles. The molecule has 0 unspecified atom stereocenters. The van der Waals surface area contributed by atoms with Crippen molar-refractivity contribution in [1.82, 2.24) is 20.4 Å². The highest BCUT2D eigenvalue weighted by Crippen LogP contribution is 2.59. The molecule has 2 aromatic rings. The number of piperidine rings is 1. The molecule has 0 radical (unpaired) electrons. The quantitative estimate of drug-likeness (QED) is 0.899. The number of hydrogen-bond acceptors (Lipinski definition) is 5. The molecular formula is C21H25N5O. The number of nitrogens with zero attached hydrogens (tertiary/aromatic N) is 4. The Balaban J connectivity index is 1.28. The summed E-state index contributed by atoms with van der Waals surface area (Å²) in [5.41, 5.74) is 2.17. The first-order chi connectivity index (χ1) is 13.3. The smallest absolute Gasteiger partial charge is 0.274 e. The molecule has 1 aromatic carbocycles. The standard InChI is InChI=1S/C21H25N5O/c27-20(25-11-4-9-22-10-12-25)18-7-8-19(24-23-18)26-14-17-13-21(17,15-26)16-5-2-1-3-6-16/h1-3,5-8,17,22H,4,9-15H2/t17-,21+/m0/s1. The van der Waals surface area contributed by atoms with E-state index in [4.69, 9.17) is 0 Å². The molecule has 1 amide bonds. The Morgan fingerprint density at radius 2 is 1.96 bits per heavy atom. The predicted molar refractivity (Wildman–Crippen MR) is 104 cm³/mol. The largest absolute Gasteiger partial charge is 0.354 e. The zero-order valence-corrected chi connectivity index (χ0v) is 15.5. The minimum atomic E-state index is -0.0113. The van der Waals surface area contributed by atoms with Crippen molar-refractivity contribution in [3.63, 3.8) is 0 Å². The summed E-state index contributed by atoms with van der Waals surface area (Å²) in [4.78, 5) is 16.9.